The van der Waals surface area contributed by atoms with Crippen molar-refractivity contribution in [1.82, 2.24) is 4.90 Å². The maximum atomic E-state index is 12.7. The van der Waals surface area contributed by atoms with Crippen LogP contribution in [0.15, 0.2) is 0 Å². The van der Waals surface area contributed by atoms with Crippen molar-refractivity contribution in [3.63, 3.8) is 0 Å². The fourth-order valence-corrected chi connectivity index (χ4v) is 6.69. The van der Waals surface area contributed by atoms with Gasteiger partial charge in [0.25, 0.3) is 0 Å². The van der Waals surface area contributed by atoms with Gasteiger partial charge in [0.05, 0.1) is 18.1 Å². The van der Waals surface area contributed by atoms with Crippen molar-refractivity contribution in [1.29, 1.82) is 0 Å². The maximum absolute atomic E-state index is 12.7. The lowest BCUT2D eigenvalue weighted by Crippen LogP contribution is -2.51. The first-order chi connectivity index (χ1) is 12.0. The normalized spacial score (nSPS) is 50.4. The molecule has 5 rings (SSSR count). The SMILES string of the molecule is CC1CCN(CC2C(=O)O[C@@H]3C[C@@]4(C)CCC[C@]5(CO5)C4C[C@H]23)CC1. The molecule has 0 radical (unpaired) electrons. The molecule has 4 heteroatoms. The molecule has 140 valence electrons. The molecule has 3 saturated heterocycles. The van der Waals surface area contributed by atoms with Crippen LogP contribution in [-0.2, 0) is 14.3 Å². The van der Waals surface area contributed by atoms with Crippen molar-refractivity contribution in [2.75, 3.05) is 26.2 Å². The minimum atomic E-state index is 0.0848. The zero-order chi connectivity index (χ0) is 17.2. The number of fused-ring (bicyclic) bond motifs is 3. The van der Waals surface area contributed by atoms with Crippen molar-refractivity contribution in [3.8, 4) is 0 Å². The number of piperidine rings is 1. The lowest BCUT2D eigenvalue weighted by atomic mass is 9.53. The van der Waals surface area contributed by atoms with Crippen molar-refractivity contribution in [2.45, 2.75) is 70.5 Å². The third-order valence-electron chi connectivity index (χ3n) is 8.41. The van der Waals surface area contributed by atoms with Crippen LogP contribution >= 0.6 is 0 Å². The summed E-state index contributed by atoms with van der Waals surface area (Å²) >= 11 is 0. The van der Waals surface area contributed by atoms with E-state index in [9.17, 15) is 4.79 Å². The Balaban J connectivity index is 1.33. The van der Waals surface area contributed by atoms with Gasteiger partial charge in [0, 0.05) is 12.5 Å². The molecule has 5 fully saturated rings. The van der Waals surface area contributed by atoms with Gasteiger partial charge in [-0.2, -0.15) is 0 Å². The molecule has 0 amide bonds. The number of nitrogens with zero attached hydrogens (tertiary/aromatic N) is 1. The van der Waals surface area contributed by atoms with Crippen LogP contribution in [0.3, 0.4) is 0 Å². The summed E-state index contributed by atoms with van der Waals surface area (Å²) in [5.41, 5.74) is 0.473. The first-order valence-electron chi connectivity index (χ1n) is 10.6. The van der Waals surface area contributed by atoms with E-state index in [2.05, 4.69) is 18.7 Å². The number of epoxide rings is 1. The summed E-state index contributed by atoms with van der Waals surface area (Å²) in [6, 6.07) is 0. The number of rotatable bonds is 2. The summed E-state index contributed by atoms with van der Waals surface area (Å²) in [7, 11) is 0. The summed E-state index contributed by atoms with van der Waals surface area (Å²) in [5.74, 6) is 2.07. The predicted molar refractivity (Wildman–Crippen MR) is 95.1 cm³/mol. The Morgan fingerprint density at radius 3 is 2.72 bits per heavy atom. The molecule has 1 spiro atoms. The molecule has 2 aliphatic carbocycles. The summed E-state index contributed by atoms with van der Waals surface area (Å²) < 4.78 is 11.9. The molecule has 0 aromatic carbocycles. The van der Waals surface area contributed by atoms with Crippen LogP contribution in [-0.4, -0.2) is 48.8 Å². The van der Waals surface area contributed by atoms with Gasteiger partial charge in [0.15, 0.2) is 0 Å². The molecule has 5 aliphatic rings. The second kappa shape index (κ2) is 5.69. The fourth-order valence-electron chi connectivity index (χ4n) is 6.69. The highest BCUT2D eigenvalue weighted by molar-refractivity contribution is 5.75. The first-order valence-corrected chi connectivity index (χ1v) is 10.6. The monoisotopic (exact) mass is 347 g/mol. The Kier molecular flexibility index (Phi) is 3.77. The Morgan fingerprint density at radius 2 is 2.00 bits per heavy atom. The topological polar surface area (TPSA) is 42.1 Å². The maximum Gasteiger partial charge on any atom is 0.310 e. The number of hydrogen-bond acceptors (Lipinski definition) is 4. The van der Waals surface area contributed by atoms with Gasteiger partial charge in [-0.3, -0.25) is 4.79 Å². The van der Waals surface area contributed by atoms with Crippen molar-refractivity contribution in [3.05, 3.63) is 0 Å². The molecule has 2 saturated carbocycles. The number of hydrogen-bond donors (Lipinski definition) is 0. The van der Waals surface area contributed by atoms with Gasteiger partial charge >= 0.3 is 5.97 Å². The minimum absolute atomic E-state index is 0.0848. The molecule has 3 aliphatic heterocycles. The molecule has 6 atom stereocenters. The molecule has 4 nitrogen and oxygen atoms in total. The Morgan fingerprint density at radius 1 is 1.24 bits per heavy atom. The quantitative estimate of drug-likeness (QED) is 0.568. The minimum Gasteiger partial charge on any atom is -0.462 e. The third kappa shape index (κ3) is 2.66. The zero-order valence-electron chi connectivity index (χ0n) is 15.8. The van der Waals surface area contributed by atoms with Crippen LogP contribution in [0.25, 0.3) is 0 Å². The fraction of sp³-hybridized carbons (Fsp3) is 0.952. The van der Waals surface area contributed by atoms with E-state index >= 15 is 0 Å². The second-order valence-corrected chi connectivity index (χ2v) is 10.1. The average molecular weight is 347 g/mol. The van der Waals surface area contributed by atoms with Crippen LogP contribution in [0, 0.1) is 29.1 Å². The van der Waals surface area contributed by atoms with E-state index in [-0.39, 0.29) is 23.6 Å². The van der Waals surface area contributed by atoms with Crippen LogP contribution < -0.4 is 0 Å². The number of likely N-dealkylation sites (tertiary alicyclic amines) is 1. The predicted octanol–water partition coefficient (Wildman–Crippen LogP) is 3.25. The summed E-state index contributed by atoms with van der Waals surface area (Å²) in [6.45, 7) is 8.95. The molecule has 0 aromatic heterocycles. The first kappa shape index (κ1) is 16.6. The number of carbonyl (C=O) groups is 1. The Hall–Kier alpha value is -0.610. The van der Waals surface area contributed by atoms with Gasteiger partial charge in [-0.1, -0.05) is 13.8 Å². The van der Waals surface area contributed by atoms with Crippen LogP contribution in [0.5, 0.6) is 0 Å². The molecule has 2 unspecified atom stereocenters. The second-order valence-electron chi connectivity index (χ2n) is 10.1. The van der Waals surface area contributed by atoms with Crippen LogP contribution in [0.1, 0.15) is 58.8 Å². The third-order valence-corrected chi connectivity index (χ3v) is 8.41. The van der Waals surface area contributed by atoms with Crippen LogP contribution in [0.4, 0.5) is 0 Å². The summed E-state index contributed by atoms with van der Waals surface area (Å²) in [6.07, 6.45) is 8.69. The van der Waals surface area contributed by atoms with Gasteiger partial charge < -0.3 is 14.4 Å². The molecule has 3 heterocycles. The molecule has 0 bridgehead atoms. The smallest absolute Gasteiger partial charge is 0.310 e. The molecule has 0 N–H and O–H groups in total. The van der Waals surface area contributed by atoms with Gasteiger partial charge in [0.2, 0.25) is 0 Å². The highest BCUT2D eigenvalue weighted by atomic mass is 16.6. The van der Waals surface area contributed by atoms with Crippen molar-refractivity contribution >= 4 is 5.97 Å². The Bertz CT molecular complexity index is 551. The van der Waals surface area contributed by atoms with E-state index in [0.29, 0.717) is 17.3 Å². The van der Waals surface area contributed by atoms with Gasteiger partial charge in [0.1, 0.15) is 6.10 Å². The zero-order valence-corrected chi connectivity index (χ0v) is 15.8. The molecular weight excluding hydrogens is 314 g/mol. The van der Waals surface area contributed by atoms with E-state index in [4.69, 9.17) is 9.47 Å². The average Bonchev–Trinajstić information content (AvgIpc) is 3.28. The molecule has 25 heavy (non-hydrogen) atoms. The molecular formula is C21H33NO3. The number of esters is 1. The van der Waals surface area contributed by atoms with E-state index in [0.717, 1.165) is 45.0 Å². The van der Waals surface area contributed by atoms with Crippen LogP contribution in [0.2, 0.25) is 0 Å². The summed E-state index contributed by atoms with van der Waals surface area (Å²) in [4.78, 5) is 15.2. The number of carbonyl (C=O) groups excluding carboxylic acids is 1. The standard InChI is InChI=1S/C21H33NO3/c1-14-4-8-22(9-5-14)12-16-15-10-18-20(2,11-17(15)25-19(16)23)6-3-7-21(18)13-24-21/h14-18H,3-13H2,1-2H3/t15-,16?,17-,18?,20-,21+/m1/s1. The lowest BCUT2D eigenvalue weighted by Gasteiger charge is -2.51. The van der Waals surface area contributed by atoms with Gasteiger partial charge in [-0.25, -0.2) is 0 Å². The Labute approximate surface area is 151 Å². The van der Waals surface area contributed by atoms with E-state index < -0.39 is 0 Å². The van der Waals surface area contributed by atoms with Crippen molar-refractivity contribution < 1.29 is 14.3 Å². The highest BCUT2D eigenvalue weighted by Crippen LogP contribution is 2.62. The lowest BCUT2D eigenvalue weighted by molar-refractivity contribution is -0.147. The van der Waals surface area contributed by atoms with Gasteiger partial charge in [-0.05, 0) is 75.3 Å². The largest absolute Gasteiger partial charge is 0.462 e. The van der Waals surface area contributed by atoms with E-state index in [1.54, 1.807) is 0 Å². The van der Waals surface area contributed by atoms with E-state index in [1.165, 1.54) is 32.1 Å². The number of ether oxygens (including phenoxy) is 2. The highest BCUT2D eigenvalue weighted by Gasteiger charge is 2.65. The van der Waals surface area contributed by atoms with Crippen molar-refractivity contribution in [2.24, 2.45) is 29.1 Å². The van der Waals surface area contributed by atoms with E-state index in [1.807, 2.05) is 0 Å². The molecule has 0 aromatic rings. The van der Waals surface area contributed by atoms with Gasteiger partial charge in [-0.15, -0.1) is 0 Å². The summed E-state index contributed by atoms with van der Waals surface area (Å²) in [5, 5.41) is 0.